The predicted molar refractivity (Wildman–Crippen MR) is 62.9 cm³/mol. The molecule has 0 aromatic rings. The van der Waals surface area contributed by atoms with Crippen LogP contribution in [0.25, 0.3) is 0 Å². The van der Waals surface area contributed by atoms with E-state index in [1.165, 1.54) is 19.3 Å². The number of piperidine rings is 1. The molecule has 90 valence electrons. The molecule has 1 aliphatic rings. The Balaban J connectivity index is 2.41. The van der Waals surface area contributed by atoms with Crippen molar-refractivity contribution in [3.8, 4) is 0 Å². The second-order valence-electron chi connectivity index (χ2n) is 4.49. The maximum Gasteiger partial charge on any atom is 0.0906 e. The number of likely N-dealkylation sites (tertiary alicyclic amines) is 1. The van der Waals surface area contributed by atoms with Crippen molar-refractivity contribution in [2.75, 3.05) is 26.3 Å². The Kier molecular flexibility index (Phi) is 6.18. The molecule has 1 aliphatic heterocycles. The first-order chi connectivity index (χ1) is 7.29. The molecular formula is C12H25FN2. The number of hydrogen-bond acceptors (Lipinski definition) is 2. The van der Waals surface area contributed by atoms with Crippen molar-refractivity contribution in [2.24, 2.45) is 0 Å². The smallest absolute Gasteiger partial charge is 0.0906 e. The Bertz CT molecular complexity index is 164. The average molecular weight is 216 g/mol. The number of alkyl halides is 1. The Hall–Kier alpha value is -0.150. The van der Waals surface area contributed by atoms with Gasteiger partial charge in [0.25, 0.3) is 0 Å². The Morgan fingerprint density at radius 3 is 2.93 bits per heavy atom. The minimum absolute atomic E-state index is 0.182. The minimum atomic E-state index is -0.182. The molecule has 0 amide bonds. The predicted octanol–water partition coefficient (Wildman–Crippen LogP) is 2.20. The molecule has 2 unspecified atom stereocenters. The number of rotatable bonds is 6. The molecule has 0 aromatic carbocycles. The first kappa shape index (κ1) is 12.9. The summed E-state index contributed by atoms with van der Waals surface area (Å²) in [6.07, 6.45) is 4.56. The van der Waals surface area contributed by atoms with Crippen molar-refractivity contribution in [1.29, 1.82) is 0 Å². The van der Waals surface area contributed by atoms with E-state index in [9.17, 15) is 4.39 Å². The van der Waals surface area contributed by atoms with Gasteiger partial charge in [0, 0.05) is 18.6 Å². The normalized spacial score (nSPS) is 25.4. The number of likely N-dealkylation sites (N-methyl/N-ethyl adjacent to an activating group) is 1. The van der Waals surface area contributed by atoms with Crippen molar-refractivity contribution in [3.63, 3.8) is 0 Å². The molecule has 1 fully saturated rings. The lowest BCUT2D eigenvalue weighted by Crippen LogP contribution is -2.51. The molecule has 0 bridgehead atoms. The van der Waals surface area contributed by atoms with E-state index in [1.54, 1.807) is 0 Å². The third-order valence-corrected chi connectivity index (χ3v) is 3.35. The maximum atomic E-state index is 12.2. The highest BCUT2D eigenvalue weighted by Crippen LogP contribution is 2.19. The Morgan fingerprint density at radius 2 is 2.27 bits per heavy atom. The summed E-state index contributed by atoms with van der Waals surface area (Å²) in [6, 6.07) is 1.15. The van der Waals surface area contributed by atoms with E-state index in [1.807, 2.05) is 0 Å². The zero-order chi connectivity index (χ0) is 11.1. The molecule has 3 heteroatoms. The summed E-state index contributed by atoms with van der Waals surface area (Å²) in [5, 5.41) is 3.49. The van der Waals surface area contributed by atoms with E-state index >= 15 is 0 Å². The van der Waals surface area contributed by atoms with Crippen LogP contribution in [0.1, 0.15) is 39.5 Å². The summed E-state index contributed by atoms with van der Waals surface area (Å²) in [6.45, 7) is 7.32. The zero-order valence-electron chi connectivity index (χ0n) is 10.1. The lowest BCUT2D eigenvalue weighted by molar-refractivity contribution is 0.116. The molecule has 1 N–H and O–H groups in total. The van der Waals surface area contributed by atoms with Crippen LogP contribution in [0.5, 0.6) is 0 Å². The average Bonchev–Trinajstić information content (AvgIpc) is 2.27. The fourth-order valence-corrected chi connectivity index (χ4v) is 2.58. The van der Waals surface area contributed by atoms with E-state index < -0.39 is 0 Å². The lowest BCUT2D eigenvalue weighted by atomic mass is 9.96. The summed E-state index contributed by atoms with van der Waals surface area (Å²) in [5.41, 5.74) is 0. The third kappa shape index (κ3) is 4.07. The molecule has 0 radical (unpaired) electrons. The van der Waals surface area contributed by atoms with Crippen LogP contribution in [-0.2, 0) is 0 Å². The van der Waals surface area contributed by atoms with Crippen molar-refractivity contribution in [3.05, 3.63) is 0 Å². The largest absolute Gasteiger partial charge is 0.313 e. The van der Waals surface area contributed by atoms with Crippen LogP contribution >= 0.6 is 0 Å². The molecule has 1 saturated heterocycles. The second kappa shape index (κ2) is 7.18. The van der Waals surface area contributed by atoms with E-state index in [-0.39, 0.29) is 6.67 Å². The minimum Gasteiger partial charge on any atom is -0.313 e. The van der Waals surface area contributed by atoms with Crippen LogP contribution in [-0.4, -0.2) is 43.3 Å². The van der Waals surface area contributed by atoms with Crippen LogP contribution in [0, 0.1) is 0 Å². The number of hydrogen-bond donors (Lipinski definition) is 1. The van der Waals surface area contributed by atoms with E-state index in [4.69, 9.17) is 0 Å². The molecule has 0 aliphatic carbocycles. The topological polar surface area (TPSA) is 15.3 Å². The van der Waals surface area contributed by atoms with Crippen LogP contribution in [0.4, 0.5) is 4.39 Å². The summed E-state index contributed by atoms with van der Waals surface area (Å²) in [4.78, 5) is 2.47. The second-order valence-corrected chi connectivity index (χ2v) is 4.49. The van der Waals surface area contributed by atoms with Gasteiger partial charge in [-0.3, -0.25) is 9.29 Å². The molecule has 2 atom stereocenters. The quantitative estimate of drug-likeness (QED) is 0.732. The molecule has 0 spiro atoms. The number of halogens is 1. The molecule has 0 saturated carbocycles. The molecule has 1 rings (SSSR count). The van der Waals surface area contributed by atoms with Crippen molar-refractivity contribution < 1.29 is 4.39 Å². The highest BCUT2D eigenvalue weighted by molar-refractivity contribution is 4.84. The summed E-state index contributed by atoms with van der Waals surface area (Å²) in [5.74, 6) is 0. The Labute approximate surface area is 93.2 Å². The molecule has 2 nitrogen and oxygen atoms in total. The van der Waals surface area contributed by atoms with Gasteiger partial charge in [-0.2, -0.15) is 0 Å². The summed E-state index contributed by atoms with van der Waals surface area (Å²) >= 11 is 0. The zero-order valence-corrected chi connectivity index (χ0v) is 10.1. The van der Waals surface area contributed by atoms with Crippen LogP contribution < -0.4 is 5.32 Å². The fraction of sp³-hybridized carbons (Fsp3) is 1.00. The van der Waals surface area contributed by atoms with Gasteiger partial charge in [0.1, 0.15) is 0 Å². The third-order valence-electron chi connectivity index (χ3n) is 3.35. The molecule has 1 heterocycles. The highest BCUT2D eigenvalue weighted by atomic mass is 19.1. The summed E-state index contributed by atoms with van der Waals surface area (Å²) in [7, 11) is 0. The first-order valence-electron chi connectivity index (χ1n) is 6.33. The van der Waals surface area contributed by atoms with E-state index in [0.717, 1.165) is 19.6 Å². The molecule has 0 aromatic heterocycles. The van der Waals surface area contributed by atoms with Gasteiger partial charge in [-0.1, -0.05) is 13.3 Å². The Morgan fingerprint density at radius 1 is 1.47 bits per heavy atom. The van der Waals surface area contributed by atoms with Gasteiger partial charge in [-0.05, 0) is 39.3 Å². The van der Waals surface area contributed by atoms with Gasteiger partial charge in [0.05, 0.1) is 6.67 Å². The first-order valence-corrected chi connectivity index (χ1v) is 6.33. The highest BCUT2D eigenvalue weighted by Gasteiger charge is 2.26. The number of nitrogens with zero attached hydrogens (tertiary/aromatic N) is 1. The van der Waals surface area contributed by atoms with Crippen molar-refractivity contribution in [2.45, 2.75) is 51.6 Å². The summed E-state index contributed by atoms with van der Waals surface area (Å²) < 4.78 is 12.2. The van der Waals surface area contributed by atoms with Gasteiger partial charge in [0.15, 0.2) is 0 Å². The molecule has 15 heavy (non-hydrogen) atoms. The van der Waals surface area contributed by atoms with Gasteiger partial charge in [0.2, 0.25) is 0 Å². The van der Waals surface area contributed by atoms with E-state index in [0.29, 0.717) is 18.5 Å². The van der Waals surface area contributed by atoms with Gasteiger partial charge in [-0.15, -0.1) is 0 Å². The van der Waals surface area contributed by atoms with Crippen LogP contribution in [0.3, 0.4) is 0 Å². The van der Waals surface area contributed by atoms with Gasteiger partial charge in [-0.25, -0.2) is 0 Å². The van der Waals surface area contributed by atoms with Crippen molar-refractivity contribution in [1.82, 2.24) is 10.2 Å². The van der Waals surface area contributed by atoms with Crippen LogP contribution in [0.2, 0.25) is 0 Å². The number of nitrogens with one attached hydrogen (secondary N) is 1. The monoisotopic (exact) mass is 216 g/mol. The van der Waals surface area contributed by atoms with Gasteiger partial charge < -0.3 is 5.32 Å². The molecular weight excluding hydrogens is 191 g/mol. The van der Waals surface area contributed by atoms with E-state index in [2.05, 4.69) is 24.1 Å². The lowest BCUT2D eigenvalue weighted by Gasteiger charge is -2.39. The fourth-order valence-electron chi connectivity index (χ4n) is 2.58. The van der Waals surface area contributed by atoms with Crippen molar-refractivity contribution >= 4 is 0 Å². The standard InChI is InChI=1S/C12H25FN2/c1-3-14-11(2)12-7-4-5-9-15(12)10-6-8-13/h11-12,14H,3-10H2,1-2H3. The maximum absolute atomic E-state index is 12.2. The van der Waals surface area contributed by atoms with Gasteiger partial charge >= 0.3 is 0 Å². The van der Waals surface area contributed by atoms with Crippen LogP contribution in [0.15, 0.2) is 0 Å². The SMILES string of the molecule is CCNC(C)C1CCCCN1CCCF.